The van der Waals surface area contributed by atoms with E-state index < -0.39 is 11.9 Å². The fraction of sp³-hybridized carbons (Fsp3) is 0.333. The Kier molecular flexibility index (Phi) is 7.07. The van der Waals surface area contributed by atoms with Crippen molar-refractivity contribution in [3.63, 3.8) is 0 Å². The van der Waals surface area contributed by atoms with E-state index in [2.05, 4.69) is 16.0 Å². The van der Waals surface area contributed by atoms with Crippen LogP contribution in [0.5, 0.6) is 0 Å². The lowest BCUT2D eigenvalue weighted by molar-refractivity contribution is -0.119. The Morgan fingerprint density at radius 2 is 1.70 bits per heavy atom. The van der Waals surface area contributed by atoms with Gasteiger partial charge in [0.15, 0.2) is 0 Å². The first-order valence-corrected chi connectivity index (χ1v) is 8.93. The molecule has 0 spiro atoms. The highest BCUT2D eigenvalue weighted by Gasteiger charge is 2.17. The van der Waals surface area contributed by atoms with Gasteiger partial charge in [-0.2, -0.15) is 0 Å². The van der Waals surface area contributed by atoms with Gasteiger partial charge in [-0.05, 0) is 49.1 Å². The van der Waals surface area contributed by atoms with Crippen LogP contribution < -0.4 is 16.0 Å². The average Bonchev–Trinajstić information content (AvgIpc) is 2.59. The number of anilines is 1. The molecule has 0 saturated heterocycles. The molecular formula is C21H26FN3O2. The third kappa shape index (κ3) is 6.18. The number of hydrogen-bond acceptors (Lipinski definition) is 3. The quantitative estimate of drug-likeness (QED) is 0.717. The summed E-state index contributed by atoms with van der Waals surface area (Å²) in [7, 11) is 0. The minimum absolute atomic E-state index is 0.0273. The number of rotatable bonds is 6. The molecule has 0 aliphatic rings. The molecule has 27 heavy (non-hydrogen) atoms. The predicted molar refractivity (Wildman–Crippen MR) is 105 cm³/mol. The van der Waals surface area contributed by atoms with Crippen LogP contribution in [0.3, 0.4) is 0 Å². The van der Waals surface area contributed by atoms with E-state index in [1.807, 2.05) is 39.8 Å². The molecule has 3 amide bonds. The molecule has 0 fully saturated rings. The molecule has 2 aromatic carbocycles. The Hall–Kier alpha value is -2.73. The summed E-state index contributed by atoms with van der Waals surface area (Å²) in [6.45, 7) is 7.85. The van der Waals surface area contributed by atoms with E-state index in [9.17, 15) is 14.0 Å². The highest BCUT2D eigenvalue weighted by molar-refractivity contribution is 6.02. The van der Waals surface area contributed by atoms with E-state index in [-0.39, 0.29) is 24.3 Å². The lowest BCUT2D eigenvalue weighted by Gasteiger charge is -2.22. The lowest BCUT2D eigenvalue weighted by atomic mass is 9.96. The Bertz CT molecular complexity index is 804. The molecule has 2 aromatic rings. The van der Waals surface area contributed by atoms with Gasteiger partial charge in [-0.1, -0.05) is 43.7 Å². The minimum Gasteiger partial charge on any atom is -0.307 e. The van der Waals surface area contributed by atoms with Gasteiger partial charge in [0.25, 0.3) is 0 Å². The van der Waals surface area contributed by atoms with E-state index in [0.29, 0.717) is 5.69 Å². The number of aryl methyl sites for hydroxylation is 2. The molecule has 0 bridgehead atoms. The van der Waals surface area contributed by atoms with Crippen LogP contribution in [0.1, 0.15) is 36.6 Å². The van der Waals surface area contributed by atoms with E-state index in [0.717, 1.165) is 16.7 Å². The number of carbonyl (C=O) groups excluding carboxylic acids is 2. The smallest absolute Gasteiger partial charge is 0.307 e. The second-order valence-corrected chi connectivity index (χ2v) is 6.97. The molecule has 0 aliphatic heterocycles. The molecule has 6 heteroatoms. The Morgan fingerprint density at radius 1 is 1.04 bits per heavy atom. The monoisotopic (exact) mass is 371 g/mol. The number of amides is 3. The second kappa shape index (κ2) is 9.28. The van der Waals surface area contributed by atoms with Gasteiger partial charge < -0.3 is 10.6 Å². The van der Waals surface area contributed by atoms with Gasteiger partial charge in [0.05, 0.1) is 6.54 Å². The normalized spacial score (nSPS) is 11.9. The van der Waals surface area contributed by atoms with Crippen molar-refractivity contribution in [2.75, 3.05) is 11.9 Å². The topological polar surface area (TPSA) is 70.2 Å². The zero-order valence-electron chi connectivity index (χ0n) is 16.1. The molecule has 2 rings (SSSR count). The van der Waals surface area contributed by atoms with Crippen molar-refractivity contribution in [1.82, 2.24) is 10.6 Å². The van der Waals surface area contributed by atoms with Crippen LogP contribution in [-0.4, -0.2) is 18.5 Å². The van der Waals surface area contributed by atoms with Crippen LogP contribution in [0.4, 0.5) is 14.9 Å². The number of nitrogens with one attached hydrogen (secondary N) is 3. The number of halogens is 1. The minimum atomic E-state index is -0.573. The van der Waals surface area contributed by atoms with Gasteiger partial charge in [0.2, 0.25) is 5.91 Å². The molecule has 0 aliphatic carbocycles. The van der Waals surface area contributed by atoms with Crippen molar-refractivity contribution in [2.45, 2.75) is 33.7 Å². The molecule has 0 heterocycles. The van der Waals surface area contributed by atoms with Crippen LogP contribution in [0.15, 0.2) is 42.5 Å². The van der Waals surface area contributed by atoms with Crippen molar-refractivity contribution >= 4 is 17.6 Å². The molecule has 5 nitrogen and oxygen atoms in total. The molecule has 0 radical (unpaired) electrons. The highest BCUT2D eigenvalue weighted by Crippen LogP contribution is 2.21. The van der Waals surface area contributed by atoms with Crippen LogP contribution in [0.25, 0.3) is 0 Å². The molecule has 0 saturated carbocycles. The van der Waals surface area contributed by atoms with Crippen LogP contribution in [0, 0.1) is 25.6 Å². The zero-order valence-corrected chi connectivity index (χ0v) is 16.1. The summed E-state index contributed by atoms with van der Waals surface area (Å²) in [5, 5.41) is 8.12. The molecule has 144 valence electrons. The maximum atomic E-state index is 13.1. The van der Waals surface area contributed by atoms with Gasteiger partial charge in [-0.25, -0.2) is 9.18 Å². The SMILES string of the molecule is Cc1ccc(NC(=O)NC(=O)CN[C@H](c2ccc(F)cc2)C(C)C)c(C)c1. The van der Waals surface area contributed by atoms with Crippen LogP contribution in [0.2, 0.25) is 0 Å². The highest BCUT2D eigenvalue weighted by atomic mass is 19.1. The van der Waals surface area contributed by atoms with Gasteiger partial charge >= 0.3 is 6.03 Å². The third-order valence-electron chi connectivity index (χ3n) is 4.26. The van der Waals surface area contributed by atoms with E-state index in [1.165, 1.54) is 12.1 Å². The lowest BCUT2D eigenvalue weighted by Crippen LogP contribution is -2.41. The van der Waals surface area contributed by atoms with Crippen LogP contribution >= 0.6 is 0 Å². The molecule has 0 unspecified atom stereocenters. The summed E-state index contributed by atoms with van der Waals surface area (Å²) >= 11 is 0. The summed E-state index contributed by atoms with van der Waals surface area (Å²) < 4.78 is 13.1. The number of carbonyl (C=O) groups is 2. The predicted octanol–water partition coefficient (Wildman–Crippen LogP) is 4.08. The van der Waals surface area contributed by atoms with Crippen LogP contribution in [-0.2, 0) is 4.79 Å². The average molecular weight is 371 g/mol. The van der Waals surface area contributed by atoms with Crippen molar-refractivity contribution < 1.29 is 14.0 Å². The molecule has 3 N–H and O–H groups in total. The Balaban J connectivity index is 1.89. The standard InChI is InChI=1S/C21H26FN3O2/c1-13(2)20(16-6-8-17(22)9-7-16)23-12-19(26)25-21(27)24-18-10-5-14(3)11-15(18)4/h5-11,13,20,23H,12H2,1-4H3,(H2,24,25,26,27)/t20-/m0/s1. The summed E-state index contributed by atoms with van der Waals surface area (Å²) in [4.78, 5) is 24.1. The van der Waals surface area contributed by atoms with Gasteiger partial charge in [0, 0.05) is 11.7 Å². The first-order chi connectivity index (χ1) is 12.8. The van der Waals surface area contributed by atoms with Crippen molar-refractivity contribution in [3.05, 3.63) is 65.0 Å². The van der Waals surface area contributed by atoms with Crippen molar-refractivity contribution in [2.24, 2.45) is 5.92 Å². The maximum absolute atomic E-state index is 13.1. The van der Waals surface area contributed by atoms with E-state index in [4.69, 9.17) is 0 Å². The fourth-order valence-electron chi connectivity index (χ4n) is 2.89. The fourth-order valence-corrected chi connectivity index (χ4v) is 2.89. The summed E-state index contributed by atoms with van der Waals surface area (Å²) in [6, 6.07) is 11.1. The maximum Gasteiger partial charge on any atom is 0.325 e. The Morgan fingerprint density at radius 3 is 2.30 bits per heavy atom. The second-order valence-electron chi connectivity index (χ2n) is 6.97. The third-order valence-corrected chi connectivity index (χ3v) is 4.26. The van der Waals surface area contributed by atoms with Gasteiger partial charge in [-0.15, -0.1) is 0 Å². The van der Waals surface area contributed by atoms with E-state index in [1.54, 1.807) is 18.2 Å². The first kappa shape index (κ1) is 20.6. The zero-order chi connectivity index (χ0) is 20.0. The largest absolute Gasteiger partial charge is 0.325 e. The van der Waals surface area contributed by atoms with Gasteiger partial charge in [-0.3, -0.25) is 10.1 Å². The molecular weight excluding hydrogens is 345 g/mol. The van der Waals surface area contributed by atoms with Crippen molar-refractivity contribution in [1.29, 1.82) is 0 Å². The Labute approximate surface area is 159 Å². The van der Waals surface area contributed by atoms with Gasteiger partial charge in [0.1, 0.15) is 5.82 Å². The van der Waals surface area contributed by atoms with E-state index >= 15 is 0 Å². The van der Waals surface area contributed by atoms with Crippen molar-refractivity contribution in [3.8, 4) is 0 Å². The number of hydrogen-bond donors (Lipinski definition) is 3. The first-order valence-electron chi connectivity index (χ1n) is 8.93. The number of benzene rings is 2. The molecule has 0 aromatic heterocycles. The number of urea groups is 1. The number of imide groups is 1. The summed E-state index contributed by atoms with van der Waals surface area (Å²) in [6.07, 6.45) is 0. The summed E-state index contributed by atoms with van der Waals surface area (Å²) in [5.41, 5.74) is 3.57. The molecule has 1 atom stereocenters. The summed E-state index contributed by atoms with van der Waals surface area (Å²) in [5.74, 6) is -0.556.